The van der Waals surface area contributed by atoms with Crippen molar-refractivity contribution >= 4 is 12.2 Å². The Hall–Kier alpha value is -2.62. The number of hydrogen-bond acceptors (Lipinski definition) is 8. The predicted octanol–water partition coefficient (Wildman–Crippen LogP) is 0.489. The zero-order valence-corrected chi connectivity index (χ0v) is 14.8. The summed E-state index contributed by atoms with van der Waals surface area (Å²) in [6, 6.07) is 9.11. The first kappa shape index (κ1) is 20.1. The van der Waals surface area contributed by atoms with Gasteiger partial charge in [-0.25, -0.2) is 0 Å². The molecule has 0 amide bonds. The van der Waals surface area contributed by atoms with E-state index >= 15 is 0 Å². The number of aliphatic hydroxyl groups excluding tert-OH is 4. The number of benzene rings is 2. The fourth-order valence-electron chi connectivity index (χ4n) is 3.15. The van der Waals surface area contributed by atoms with E-state index in [9.17, 15) is 35.7 Å². The fourth-order valence-corrected chi connectivity index (χ4v) is 3.15. The van der Waals surface area contributed by atoms with Crippen LogP contribution >= 0.6 is 0 Å². The van der Waals surface area contributed by atoms with Gasteiger partial charge in [0, 0.05) is 0 Å². The average molecular weight is 390 g/mol. The van der Waals surface area contributed by atoms with Gasteiger partial charge in [0.15, 0.2) is 0 Å². The molecule has 0 radical (unpaired) electrons. The first-order valence-corrected chi connectivity index (χ1v) is 8.65. The van der Waals surface area contributed by atoms with Crippen molar-refractivity contribution < 1.29 is 40.5 Å². The maximum absolute atomic E-state index is 10.4. The molecule has 2 aromatic rings. The van der Waals surface area contributed by atoms with Gasteiger partial charge in [-0.1, -0.05) is 24.3 Å². The lowest BCUT2D eigenvalue weighted by Gasteiger charge is -2.40. The number of ether oxygens (including phenoxy) is 1. The van der Waals surface area contributed by atoms with Crippen LogP contribution in [0.4, 0.5) is 0 Å². The molecule has 7 N–H and O–H groups in total. The summed E-state index contributed by atoms with van der Waals surface area (Å²) in [7, 11) is 0. The molecule has 0 spiro atoms. The van der Waals surface area contributed by atoms with E-state index in [-0.39, 0.29) is 22.8 Å². The van der Waals surface area contributed by atoms with Crippen molar-refractivity contribution in [3.05, 3.63) is 53.1 Å². The number of rotatable bonds is 4. The monoisotopic (exact) mass is 390 g/mol. The molecule has 1 aliphatic rings. The first-order valence-electron chi connectivity index (χ1n) is 8.65. The van der Waals surface area contributed by atoms with Gasteiger partial charge in [-0.2, -0.15) is 0 Å². The summed E-state index contributed by atoms with van der Waals surface area (Å²) in [5, 5.41) is 69.3. The molecule has 1 fully saturated rings. The highest BCUT2D eigenvalue weighted by Gasteiger charge is 2.45. The van der Waals surface area contributed by atoms with Crippen LogP contribution in [-0.4, -0.2) is 66.8 Å². The van der Waals surface area contributed by atoms with Crippen LogP contribution in [-0.2, 0) is 4.74 Å². The molecule has 8 nitrogen and oxygen atoms in total. The van der Waals surface area contributed by atoms with E-state index in [1.54, 1.807) is 24.3 Å². The van der Waals surface area contributed by atoms with Gasteiger partial charge < -0.3 is 40.5 Å². The molecule has 1 heterocycles. The minimum absolute atomic E-state index is 0.135. The van der Waals surface area contributed by atoms with Gasteiger partial charge in [0.05, 0.1) is 12.2 Å². The number of phenolic OH excluding ortho intramolecular Hbond substituents is 3. The zero-order valence-electron chi connectivity index (χ0n) is 14.8. The lowest BCUT2D eigenvalue weighted by Crippen LogP contribution is -2.55. The Balaban J connectivity index is 1.88. The van der Waals surface area contributed by atoms with Crippen molar-refractivity contribution in [1.82, 2.24) is 0 Å². The molecule has 1 saturated heterocycles. The minimum atomic E-state index is -1.62. The molecular formula is C20H22O8. The SMILES string of the molecule is OC[C@H]1O[C@@H](c2c(O)cc(/C=C/c3ccc(O)cc3)cc2O)[C@H](O)[C@@H](O)[C@@H]1O. The van der Waals surface area contributed by atoms with Crippen LogP contribution in [0.25, 0.3) is 12.2 Å². The van der Waals surface area contributed by atoms with Gasteiger partial charge in [0.25, 0.3) is 0 Å². The maximum atomic E-state index is 10.4. The molecule has 2 aromatic carbocycles. The highest BCUT2D eigenvalue weighted by molar-refractivity contribution is 5.72. The number of phenols is 3. The molecule has 8 heteroatoms. The van der Waals surface area contributed by atoms with E-state index < -0.39 is 37.1 Å². The smallest absolute Gasteiger partial charge is 0.125 e. The molecule has 5 atom stereocenters. The van der Waals surface area contributed by atoms with Gasteiger partial charge in [0.2, 0.25) is 0 Å². The maximum Gasteiger partial charge on any atom is 0.125 e. The van der Waals surface area contributed by atoms with E-state index in [0.717, 1.165) is 5.56 Å². The van der Waals surface area contributed by atoms with Crippen molar-refractivity contribution in [2.75, 3.05) is 6.61 Å². The van der Waals surface area contributed by atoms with Gasteiger partial charge in [-0.3, -0.25) is 0 Å². The summed E-state index contributed by atoms with van der Waals surface area (Å²) in [6.45, 7) is -0.615. The van der Waals surface area contributed by atoms with Crippen LogP contribution in [0.15, 0.2) is 36.4 Å². The molecule has 0 unspecified atom stereocenters. The summed E-state index contributed by atoms with van der Waals surface area (Å²) in [5.74, 6) is -0.624. The molecule has 0 bridgehead atoms. The van der Waals surface area contributed by atoms with Crippen LogP contribution in [0.3, 0.4) is 0 Å². The molecule has 150 valence electrons. The third-order valence-corrected chi connectivity index (χ3v) is 4.70. The summed E-state index contributed by atoms with van der Waals surface area (Å²) in [5.41, 5.74) is 1.09. The number of hydrogen-bond donors (Lipinski definition) is 7. The standard InChI is InChI=1S/C20H22O8/c21-9-15-17(25)18(26)19(27)20(28-15)16-13(23)7-11(8-14(16)24)2-1-10-3-5-12(22)6-4-10/h1-8,15,17-27H,9H2/b2-1+/t15-,17-,18+,19-,20+/m1/s1. The van der Waals surface area contributed by atoms with Gasteiger partial charge in [0.1, 0.15) is 47.8 Å². The van der Waals surface area contributed by atoms with Crippen LogP contribution in [0.2, 0.25) is 0 Å². The topological polar surface area (TPSA) is 151 Å². The van der Waals surface area contributed by atoms with E-state index in [2.05, 4.69) is 0 Å². The third-order valence-electron chi connectivity index (χ3n) is 4.70. The second-order valence-electron chi connectivity index (χ2n) is 6.65. The zero-order chi connectivity index (χ0) is 20.4. The molecule has 28 heavy (non-hydrogen) atoms. The molecule has 0 aromatic heterocycles. The summed E-state index contributed by atoms with van der Waals surface area (Å²) >= 11 is 0. The quantitative estimate of drug-likeness (QED) is 0.373. The van der Waals surface area contributed by atoms with Crippen molar-refractivity contribution in [3.8, 4) is 17.2 Å². The Kier molecular flexibility index (Phi) is 5.87. The van der Waals surface area contributed by atoms with E-state index in [1.165, 1.54) is 24.3 Å². The normalized spacial score (nSPS) is 27.9. The van der Waals surface area contributed by atoms with Crippen molar-refractivity contribution in [2.45, 2.75) is 30.5 Å². The van der Waals surface area contributed by atoms with Gasteiger partial charge in [-0.05, 0) is 35.4 Å². The summed E-state index contributed by atoms with van der Waals surface area (Å²) in [6.07, 6.45) is -3.93. The summed E-state index contributed by atoms with van der Waals surface area (Å²) < 4.78 is 5.39. The van der Waals surface area contributed by atoms with Crippen LogP contribution in [0.5, 0.6) is 17.2 Å². The second kappa shape index (κ2) is 8.17. The Morgan fingerprint density at radius 2 is 1.36 bits per heavy atom. The van der Waals surface area contributed by atoms with Crippen LogP contribution in [0.1, 0.15) is 22.8 Å². The van der Waals surface area contributed by atoms with Gasteiger partial charge in [-0.15, -0.1) is 0 Å². The third kappa shape index (κ3) is 3.96. The average Bonchev–Trinajstić information content (AvgIpc) is 2.67. The van der Waals surface area contributed by atoms with Crippen molar-refractivity contribution in [2.24, 2.45) is 0 Å². The molecule has 0 saturated carbocycles. The Bertz CT molecular complexity index is 823. The Morgan fingerprint density at radius 1 is 0.786 bits per heavy atom. The Morgan fingerprint density at radius 3 is 1.93 bits per heavy atom. The Labute approximate surface area is 160 Å². The molecule has 0 aliphatic carbocycles. The first-order chi connectivity index (χ1) is 13.3. The molecule has 3 rings (SSSR count). The van der Waals surface area contributed by atoms with E-state index in [1.807, 2.05) is 0 Å². The number of aromatic hydroxyl groups is 3. The highest BCUT2D eigenvalue weighted by atomic mass is 16.5. The molecule has 1 aliphatic heterocycles. The van der Waals surface area contributed by atoms with Crippen molar-refractivity contribution in [3.63, 3.8) is 0 Å². The summed E-state index contributed by atoms with van der Waals surface area (Å²) in [4.78, 5) is 0. The predicted molar refractivity (Wildman–Crippen MR) is 99.5 cm³/mol. The van der Waals surface area contributed by atoms with Gasteiger partial charge >= 0.3 is 0 Å². The highest BCUT2D eigenvalue weighted by Crippen LogP contribution is 2.42. The van der Waals surface area contributed by atoms with Crippen LogP contribution < -0.4 is 0 Å². The lowest BCUT2D eigenvalue weighted by molar-refractivity contribution is -0.232. The van der Waals surface area contributed by atoms with Crippen molar-refractivity contribution in [1.29, 1.82) is 0 Å². The minimum Gasteiger partial charge on any atom is -0.508 e. The number of aliphatic hydroxyl groups is 4. The second-order valence-corrected chi connectivity index (χ2v) is 6.65. The largest absolute Gasteiger partial charge is 0.508 e. The van der Waals surface area contributed by atoms with Crippen LogP contribution in [0, 0.1) is 0 Å². The lowest BCUT2D eigenvalue weighted by atomic mass is 9.90. The van der Waals surface area contributed by atoms with E-state index in [0.29, 0.717) is 5.56 Å². The van der Waals surface area contributed by atoms with E-state index in [4.69, 9.17) is 4.74 Å². The molecular weight excluding hydrogens is 368 g/mol. The fraction of sp³-hybridized carbons (Fsp3) is 0.300.